The predicted molar refractivity (Wildman–Crippen MR) is 77.9 cm³/mol. The molecule has 7 heteroatoms. The van der Waals surface area contributed by atoms with Gasteiger partial charge >= 0.3 is 11.5 Å². The third-order valence-electron chi connectivity index (χ3n) is 2.84. The van der Waals surface area contributed by atoms with Crippen LogP contribution in [0.15, 0.2) is 36.4 Å². The molecule has 0 aliphatic carbocycles. The topological polar surface area (TPSA) is 49.3 Å². The monoisotopic (exact) mass is 315 g/mol. The Morgan fingerprint density at radius 3 is 2.43 bits per heavy atom. The molecule has 0 fully saturated rings. The van der Waals surface area contributed by atoms with Crippen molar-refractivity contribution in [3.05, 3.63) is 42.0 Å². The van der Waals surface area contributed by atoms with E-state index in [1.165, 1.54) is 6.07 Å². The number of hydrogen-bond donors (Lipinski definition) is 2. The fourth-order valence-corrected chi connectivity index (χ4v) is 2.43. The summed E-state index contributed by atoms with van der Waals surface area (Å²) in [5.74, 6) is -1.15. The molecule has 0 radical (unpaired) electrons. The van der Waals surface area contributed by atoms with Crippen molar-refractivity contribution < 1.29 is 23.1 Å². The molecular formula is C14H12F3NO2S. The molecule has 0 spiro atoms. The summed E-state index contributed by atoms with van der Waals surface area (Å²) >= 11 is -0.0904. The lowest BCUT2D eigenvalue weighted by atomic mass is 10.0. The molecule has 0 heterocycles. The first-order valence-electron chi connectivity index (χ1n) is 6.08. The van der Waals surface area contributed by atoms with Crippen LogP contribution in [0, 0.1) is 0 Å². The molecule has 21 heavy (non-hydrogen) atoms. The Morgan fingerprint density at radius 1 is 1.14 bits per heavy atom. The van der Waals surface area contributed by atoms with Crippen molar-refractivity contribution in [1.29, 1.82) is 0 Å². The van der Waals surface area contributed by atoms with E-state index in [1.807, 2.05) is 0 Å². The number of alkyl halides is 3. The highest BCUT2D eigenvalue weighted by Gasteiger charge is 2.27. The summed E-state index contributed by atoms with van der Waals surface area (Å²) in [5.41, 5.74) is -3.45. The van der Waals surface area contributed by atoms with Gasteiger partial charge in [-0.2, -0.15) is 13.2 Å². The van der Waals surface area contributed by atoms with Crippen molar-refractivity contribution in [2.45, 2.75) is 5.51 Å². The maximum absolute atomic E-state index is 12.0. The van der Waals surface area contributed by atoms with Gasteiger partial charge in [0.05, 0.1) is 5.56 Å². The van der Waals surface area contributed by atoms with Crippen molar-refractivity contribution in [2.24, 2.45) is 0 Å². The van der Waals surface area contributed by atoms with Gasteiger partial charge in [0.15, 0.2) is 0 Å². The lowest BCUT2D eigenvalue weighted by Gasteiger charge is -2.12. The quantitative estimate of drug-likeness (QED) is 0.812. The van der Waals surface area contributed by atoms with Crippen molar-refractivity contribution >= 4 is 34.2 Å². The molecule has 0 amide bonds. The van der Waals surface area contributed by atoms with Crippen LogP contribution in [0.2, 0.25) is 0 Å². The molecule has 2 N–H and O–H groups in total. The highest BCUT2D eigenvalue weighted by molar-refractivity contribution is 8.00. The molecule has 2 aromatic carbocycles. The molecule has 0 aromatic heterocycles. The van der Waals surface area contributed by atoms with Crippen LogP contribution in [0.25, 0.3) is 10.8 Å². The molecule has 2 rings (SSSR count). The number of rotatable bonds is 5. The highest BCUT2D eigenvalue weighted by atomic mass is 32.2. The van der Waals surface area contributed by atoms with Gasteiger partial charge in [-0.25, -0.2) is 4.79 Å². The summed E-state index contributed by atoms with van der Waals surface area (Å²) in [5, 5.41) is 13.3. The largest absolute Gasteiger partial charge is 0.478 e. The molecule has 0 aliphatic heterocycles. The number of halogens is 3. The molecule has 3 nitrogen and oxygen atoms in total. The lowest BCUT2D eigenvalue weighted by Crippen LogP contribution is -2.10. The first-order chi connectivity index (χ1) is 9.88. The van der Waals surface area contributed by atoms with E-state index in [2.05, 4.69) is 5.32 Å². The van der Waals surface area contributed by atoms with Crippen LogP contribution in [0.5, 0.6) is 0 Å². The molecule has 0 unspecified atom stereocenters. The number of hydrogen-bond acceptors (Lipinski definition) is 3. The number of anilines is 1. The minimum atomic E-state index is -4.24. The fraction of sp³-hybridized carbons (Fsp3) is 0.214. The zero-order chi connectivity index (χ0) is 15.5. The molecule has 0 saturated carbocycles. The number of carboxylic acid groups (broad SMARTS) is 1. The zero-order valence-electron chi connectivity index (χ0n) is 10.8. The van der Waals surface area contributed by atoms with E-state index in [4.69, 9.17) is 5.11 Å². The Hall–Kier alpha value is -1.89. The minimum absolute atomic E-state index is 0.0904. The standard InChI is InChI=1S/C14H12F3NO2S/c15-14(16,17)21-8-7-18-12-6-5-11(13(19)20)9-3-1-2-4-10(9)12/h1-6,18H,7-8H2,(H,19,20). The van der Waals surface area contributed by atoms with Crippen LogP contribution in [0.1, 0.15) is 10.4 Å². The zero-order valence-corrected chi connectivity index (χ0v) is 11.6. The van der Waals surface area contributed by atoms with Gasteiger partial charge in [-0.15, -0.1) is 0 Å². The summed E-state index contributed by atoms with van der Waals surface area (Å²) in [6, 6.07) is 9.91. The minimum Gasteiger partial charge on any atom is -0.478 e. The van der Waals surface area contributed by atoms with E-state index in [9.17, 15) is 18.0 Å². The second-order valence-electron chi connectivity index (χ2n) is 4.23. The first-order valence-corrected chi connectivity index (χ1v) is 7.06. The molecule has 0 atom stereocenters. The Labute approximate surface area is 123 Å². The SMILES string of the molecule is O=C(O)c1ccc(NCCSC(F)(F)F)c2ccccc12. The first kappa shape index (κ1) is 15.5. The normalized spacial score (nSPS) is 11.6. The molecule has 0 saturated heterocycles. The molecular weight excluding hydrogens is 303 g/mol. The Kier molecular flexibility index (Phi) is 4.62. The summed E-state index contributed by atoms with van der Waals surface area (Å²) in [4.78, 5) is 11.1. The number of carbonyl (C=O) groups is 1. The third-order valence-corrected chi connectivity index (χ3v) is 3.57. The Bertz CT molecular complexity index is 658. The van der Waals surface area contributed by atoms with Gasteiger partial charge in [0.1, 0.15) is 0 Å². The van der Waals surface area contributed by atoms with Crippen molar-refractivity contribution in [3.63, 3.8) is 0 Å². The number of carboxylic acids is 1. The fourth-order valence-electron chi connectivity index (χ4n) is 1.99. The van der Waals surface area contributed by atoms with Gasteiger partial charge in [-0.05, 0) is 29.3 Å². The predicted octanol–water partition coefficient (Wildman–Crippen LogP) is 4.20. The van der Waals surface area contributed by atoms with E-state index in [1.54, 1.807) is 30.3 Å². The number of thioether (sulfide) groups is 1. The number of nitrogens with one attached hydrogen (secondary N) is 1. The molecule has 0 bridgehead atoms. The second kappa shape index (κ2) is 6.26. The van der Waals surface area contributed by atoms with E-state index in [0.29, 0.717) is 16.5 Å². The molecule has 112 valence electrons. The Morgan fingerprint density at radius 2 is 1.81 bits per heavy atom. The molecule has 0 aliphatic rings. The Balaban J connectivity index is 2.18. The third kappa shape index (κ3) is 4.04. The van der Waals surface area contributed by atoms with E-state index >= 15 is 0 Å². The van der Waals surface area contributed by atoms with Crippen LogP contribution in [-0.4, -0.2) is 28.9 Å². The van der Waals surface area contributed by atoms with Crippen LogP contribution in [0.4, 0.5) is 18.9 Å². The van der Waals surface area contributed by atoms with E-state index in [-0.39, 0.29) is 29.6 Å². The number of benzene rings is 2. The van der Waals surface area contributed by atoms with Crippen LogP contribution < -0.4 is 5.32 Å². The van der Waals surface area contributed by atoms with Crippen LogP contribution >= 0.6 is 11.8 Å². The second-order valence-corrected chi connectivity index (χ2v) is 5.39. The maximum Gasteiger partial charge on any atom is 0.441 e. The summed E-state index contributed by atoms with van der Waals surface area (Å²) < 4.78 is 36.1. The van der Waals surface area contributed by atoms with Crippen LogP contribution in [0.3, 0.4) is 0 Å². The maximum atomic E-state index is 12.0. The summed E-state index contributed by atoms with van der Waals surface area (Å²) in [6.45, 7) is 0.139. The van der Waals surface area contributed by atoms with Gasteiger partial charge in [-0.3, -0.25) is 0 Å². The molecule has 2 aromatic rings. The van der Waals surface area contributed by atoms with E-state index < -0.39 is 11.5 Å². The van der Waals surface area contributed by atoms with Gasteiger partial charge < -0.3 is 10.4 Å². The highest BCUT2D eigenvalue weighted by Crippen LogP contribution is 2.30. The van der Waals surface area contributed by atoms with Gasteiger partial charge in [0.25, 0.3) is 0 Å². The number of aromatic carboxylic acids is 1. The van der Waals surface area contributed by atoms with Crippen molar-refractivity contribution in [2.75, 3.05) is 17.6 Å². The van der Waals surface area contributed by atoms with Gasteiger partial charge in [0, 0.05) is 23.4 Å². The van der Waals surface area contributed by atoms with E-state index in [0.717, 1.165) is 0 Å². The lowest BCUT2D eigenvalue weighted by molar-refractivity contribution is -0.0327. The smallest absolute Gasteiger partial charge is 0.441 e. The average molecular weight is 315 g/mol. The van der Waals surface area contributed by atoms with Crippen LogP contribution in [-0.2, 0) is 0 Å². The number of fused-ring (bicyclic) bond motifs is 1. The summed E-state index contributed by atoms with van der Waals surface area (Å²) in [6.07, 6.45) is 0. The van der Waals surface area contributed by atoms with Gasteiger partial charge in [0.2, 0.25) is 0 Å². The van der Waals surface area contributed by atoms with Gasteiger partial charge in [-0.1, -0.05) is 24.3 Å². The average Bonchev–Trinajstić information content (AvgIpc) is 2.42. The van der Waals surface area contributed by atoms with Crippen molar-refractivity contribution in [3.8, 4) is 0 Å². The summed E-state index contributed by atoms with van der Waals surface area (Å²) in [7, 11) is 0. The van der Waals surface area contributed by atoms with Crippen molar-refractivity contribution in [1.82, 2.24) is 0 Å².